The maximum atomic E-state index is 13.7. The Bertz CT molecular complexity index is 674. The molecule has 0 fully saturated rings. The fourth-order valence-corrected chi connectivity index (χ4v) is 3.59. The monoisotopic (exact) mass is 299 g/mol. The van der Waals surface area contributed by atoms with E-state index in [9.17, 15) is 17.6 Å². The first-order chi connectivity index (χ1) is 9.31. The lowest BCUT2D eigenvalue weighted by Crippen LogP contribution is -2.33. The van der Waals surface area contributed by atoms with Crippen molar-refractivity contribution in [1.82, 2.24) is 4.72 Å². The molecule has 0 amide bonds. The van der Waals surface area contributed by atoms with E-state index in [0.717, 1.165) is 12.1 Å². The van der Waals surface area contributed by atoms with Crippen LogP contribution >= 0.6 is 0 Å². The largest absolute Gasteiger partial charge is 0.478 e. The molecule has 2 rings (SSSR count). The third-order valence-electron chi connectivity index (χ3n) is 3.16. The van der Waals surface area contributed by atoms with Crippen LogP contribution in [0.5, 0.6) is 0 Å². The van der Waals surface area contributed by atoms with Crippen LogP contribution in [-0.2, 0) is 10.0 Å². The summed E-state index contributed by atoms with van der Waals surface area (Å²) >= 11 is 0. The summed E-state index contributed by atoms with van der Waals surface area (Å²) in [5.74, 6) is -2.22. The van der Waals surface area contributed by atoms with Crippen LogP contribution in [0.15, 0.2) is 29.2 Å². The van der Waals surface area contributed by atoms with Gasteiger partial charge in [0.2, 0.25) is 10.0 Å². The Hall–Kier alpha value is -1.73. The standard InChI is InChI=1S/C13H14FNO4S/c1-8-11(14)6-9(13(16)17)7-12(8)20(18,19)15-10-4-2-3-5-10/h2-3,6-7,10,15H,4-5H2,1H3,(H,16,17). The second kappa shape index (κ2) is 5.34. The summed E-state index contributed by atoms with van der Waals surface area (Å²) in [6.07, 6.45) is 4.85. The molecule has 20 heavy (non-hydrogen) atoms. The van der Waals surface area contributed by atoms with Gasteiger partial charge in [-0.3, -0.25) is 0 Å². The van der Waals surface area contributed by atoms with E-state index in [1.54, 1.807) is 0 Å². The van der Waals surface area contributed by atoms with Crippen molar-refractivity contribution in [1.29, 1.82) is 0 Å². The number of rotatable bonds is 4. The maximum absolute atomic E-state index is 13.7. The van der Waals surface area contributed by atoms with Gasteiger partial charge in [0.1, 0.15) is 5.82 Å². The zero-order chi connectivity index (χ0) is 14.9. The molecule has 0 bridgehead atoms. The van der Waals surface area contributed by atoms with Gasteiger partial charge in [-0.05, 0) is 31.9 Å². The molecule has 0 radical (unpaired) electrons. The summed E-state index contributed by atoms with van der Waals surface area (Å²) in [7, 11) is -3.95. The maximum Gasteiger partial charge on any atom is 0.335 e. The Labute approximate surface area is 116 Å². The molecular formula is C13H14FNO4S. The smallest absolute Gasteiger partial charge is 0.335 e. The summed E-state index contributed by atoms with van der Waals surface area (Å²) in [6, 6.07) is 1.52. The molecule has 1 aromatic rings. The molecule has 1 aliphatic carbocycles. The van der Waals surface area contributed by atoms with Gasteiger partial charge in [0.25, 0.3) is 0 Å². The number of hydrogen-bond donors (Lipinski definition) is 2. The van der Waals surface area contributed by atoms with Crippen molar-refractivity contribution in [2.45, 2.75) is 30.7 Å². The quantitative estimate of drug-likeness (QED) is 0.831. The Morgan fingerprint density at radius 2 is 1.95 bits per heavy atom. The number of nitrogens with one attached hydrogen (secondary N) is 1. The van der Waals surface area contributed by atoms with Crippen molar-refractivity contribution >= 4 is 16.0 Å². The van der Waals surface area contributed by atoms with E-state index in [-0.39, 0.29) is 16.5 Å². The lowest BCUT2D eigenvalue weighted by atomic mass is 10.1. The van der Waals surface area contributed by atoms with E-state index in [1.165, 1.54) is 6.92 Å². The number of halogens is 1. The van der Waals surface area contributed by atoms with Crippen LogP contribution in [0.2, 0.25) is 0 Å². The van der Waals surface area contributed by atoms with E-state index in [2.05, 4.69) is 4.72 Å². The summed E-state index contributed by atoms with van der Waals surface area (Å²) < 4.78 is 40.6. The number of carboxylic acid groups (broad SMARTS) is 1. The van der Waals surface area contributed by atoms with Gasteiger partial charge in [0.05, 0.1) is 10.5 Å². The van der Waals surface area contributed by atoms with Crippen LogP contribution in [0.1, 0.15) is 28.8 Å². The molecule has 0 heterocycles. The molecule has 0 saturated heterocycles. The molecule has 0 atom stereocenters. The lowest BCUT2D eigenvalue weighted by Gasteiger charge is -2.15. The van der Waals surface area contributed by atoms with E-state index in [4.69, 9.17) is 5.11 Å². The Kier molecular flexibility index (Phi) is 3.92. The first-order valence-electron chi connectivity index (χ1n) is 6.02. The molecule has 0 unspecified atom stereocenters. The highest BCUT2D eigenvalue weighted by atomic mass is 32.2. The van der Waals surface area contributed by atoms with Crippen molar-refractivity contribution in [2.24, 2.45) is 0 Å². The molecule has 0 saturated carbocycles. The van der Waals surface area contributed by atoms with Gasteiger partial charge in [-0.15, -0.1) is 0 Å². The van der Waals surface area contributed by atoms with Gasteiger partial charge in [-0.2, -0.15) is 0 Å². The number of sulfonamides is 1. The average molecular weight is 299 g/mol. The number of benzene rings is 1. The van der Waals surface area contributed by atoms with Crippen LogP contribution in [0.25, 0.3) is 0 Å². The highest BCUT2D eigenvalue weighted by molar-refractivity contribution is 7.89. The lowest BCUT2D eigenvalue weighted by molar-refractivity contribution is 0.0696. The van der Waals surface area contributed by atoms with Crippen LogP contribution in [0, 0.1) is 12.7 Å². The van der Waals surface area contributed by atoms with E-state index >= 15 is 0 Å². The molecule has 0 aliphatic heterocycles. The molecule has 5 nitrogen and oxygen atoms in total. The first-order valence-corrected chi connectivity index (χ1v) is 7.50. The number of hydrogen-bond acceptors (Lipinski definition) is 3. The SMILES string of the molecule is Cc1c(F)cc(C(=O)O)cc1S(=O)(=O)NC1CC=CC1. The van der Waals surface area contributed by atoms with Gasteiger partial charge in [0.15, 0.2) is 0 Å². The predicted molar refractivity (Wildman–Crippen MR) is 70.6 cm³/mol. The molecule has 2 N–H and O–H groups in total. The Balaban J connectivity index is 2.42. The average Bonchev–Trinajstić information content (AvgIpc) is 2.83. The number of carbonyl (C=O) groups is 1. The minimum atomic E-state index is -3.95. The fraction of sp³-hybridized carbons (Fsp3) is 0.308. The minimum absolute atomic E-state index is 0.0894. The summed E-state index contributed by atoms with van der Waals surface area (Å²) in [6.45, 7) is 1.31. The topological polar surface area (TPSA) is 83.5 Å². The third-order valence-corrected chi connectivity index (χ3v) is 4.81. The van der Waals surface area contributed by atoms with Crippen LogP contribution in [-0.4, -0.2) is 25.5 Å². The van der Waals surface area contributed by atoms with E-state index < -0.39 is 27.4 Å². The van der Waals surface area contributed by atoms with Crippen molar-refractivity contribution < 1.29 is 22.7 Å². The summed E-state index contributed by atoms with van der Waals surface area (Å²) in [4.78, 5) is 10.6. The van der Waals surface area contributed by atoms with E-state index in [1.807, 2.05) is 12.2 Å². The van der Waals surface area contributed by atoms with Gasteiger partial charge in [-0.25, -0.2) is 22.3 Å². The molecule has 0 aromatic heterocycles. The first kappa shape index (κ1) is 14.7. The highest BCUT2D eigenvalue weighted by Crippen LogP contribution is 2.22. The highest BCUT2D eigenvalue weighted by Gasteiger charge is 2.25. The van der Waals surface area contributed by atoms with Gasteiger partial charge < -0.3 is 5.11 Å². The summed E-state index contributed by atoms with van der Waals surface area (Å²) in [5, 5.41) is 8.88. The van der Waals surface area contributed by atoms with Gasteiger partial charge >= 0.3 is 5.97 Å². The summed E-state index contributed by atoms with van der Waals surface area (Å²) in [5.41, 5.74) is -0.480. The molecule has 108 valence electrons. The number of carboxylic acids is 1. The zero-order valence-corrected chi connectivity index (χ0v) is 11.6. The fourth-order valence-electron chi connectivity index (χ4n) is 2.05. The second-order valence-corrected chi connectivity index (χ2v) is 6.33. The second-order valence-electron chi connectivity index (χ2n) is 4.65. The zero-order valence-electron chi connectivity index (χ0n) is 10.8. The molecular weight excluding hydrogens is 285 g/mol. The predicted octanol–water partition coefficient (Wildman–Crippen LogP) is 1.83. The van der Waals surface area contributed by atoms with Crippen molar-refractivity contribution in [3.63, 3.8) is 0 Å². The molecule has 1 aromatic carbocycles. The van der Waals surface area contributed by atoms with Gasteiger partial charge in [0, 0.05) is 11.6 Å². The minimum Gasteiger partial charge on any atom is -0.478 e. The number of aromatic carboxylic acids is 1. The Morgan fingerprint density at radius 1 is 1.35 bits per heavy atom. The molecule has 0 spiro atoms. The van der Waals surface area contributed by atoms with Crippen molar-refractivity contribution in [3.05, 3.63) is 41.2 Å². The Morgan fingerprint density at radius 3 is 2.50 bits per heavy atom. The van der Waals surface area contributed by atoms with Crippen molar-refractivity contribution in [2.75, 3.05) is 0 Å². The normalized spacial score (nSPS) is 15.7. The van der Waals surface area contributed by atoms with Crippen LogP contribution < -0.4 is 4.72 Å². The van der Waals surface area contributed by atoms with Crippen molar-refractivity contribution in [3.8, 4) is 0 Å². The van der Waals surface area contributed by atoms with Gasteiger partial charge in [-0.1, -0.05) is 12.2 Å². The van der Waals surface area contributed by atoms with Crippen LogP contribution in [0.4, 0.5) is 4.39 Å². The molecule has 7 heteroatoms. The molecule has 1 aliphatic rings. The third kappa shape index (κ3) is 2.88. The van der Waals surface area contributed by atoms with E-state index in [0.29, 0.717) is 12.8 Å². The van der Waals surface area contributed by atoms with Crippen LogP contribution in [0.3, 0.4) is 0 Å².